The SMILES string of the molecule is CC.CCOC(=O)c1[nH]c2c(C(C)C)nn(Cc3ccccc3)c2c1C. The summed E-state index contributed by atoms with van der Waals surface area (Å²) in [5.41, 5.74) is 5.47. The summed E-state index contributed by atoms with van der Waals surface area (Å²) in [6, 6.07) is 10.2. The summed E-state index contributed by atoms with van der Waals surface area (Å²) in [4.78, 5) is 15.4. The van der Waals surface area contributed by atoms with Gasteiger partial charge < -0.3 is 9.72 Å². The lowest BCUT2D eigenvalue weighted by molar-refractivity contribution is 0.0519. The number of hydrogen-bond donors (Lipinski definition) is 1. The molecule has 0 unspecified atom stereocenters. The average molecular weight is 355 g/mol. The maximum absolute atomic E-state index is 12.2. The number of hydrogen-bond acceptors (Lipinski definition) is 3. The topological polar surface area (TPSA) is 59.9 Å². The Hall–Kier alpha value is -2.56. The minimum atomic E-state index is -0.313. The van der Waals surface area contributed by atoms with Crippen molar-refractivity contribution < 1.29 is 9.53 Å². The predicted molar refractivity (Wildman–Crippen MR) is 106 cm³/mol. The molecule has 2 heterocycles. The Labute approximate surface area is 155 Å². The molecule has 0 fully saturated rings. The highest BCUT2D eigenvalue weighted by atomic mass is 16.5. The van der Waals surface area contributed by atoms with Crippen LogP contribution in [0.5, 0.6) is 0 Å². The molecule has 0 saturated carbocycles. The van der Waals surface area contributed by atoms with E-state index in [-0.39, 0.29) is 11.9 Å². The molecule has 3 aromatic rings. The van der Waals surface area contributed by atoms with Gasteiger partial charge >= 0.3 is 5.97 Å². The summed E-state index contributed by atoms with van der Waals surface area (Å²) in [7, 11) is 0. The fourth-order valence-electron chi connectivity index (χ4n) is 3.00. The molecule has 1 aromatic carbocycles. The first kappa shape index (κ1) is 19.8. The van der Waals surface area contributed by atoms with E-state index in [2.05, 4.69) is 31.0 Å². The van der Waals surface area contributed by atoms with Gasteiger partial charge in [-0.15, -0.1) is 0 Å². The molecule has 3 rings (SSSR count). The van der Waals surface area contributed by atoms with Gasteiger partial charge in [0.25, 0.3) is 0 Å². The molecule has 0 aliphatic rings. The number of fused-ring (bicyclic) bond motifs is 1. The molecule has 1 N–H and O–H groups in total. The van der Waals surface area contributed by atoms with Crippen LogP contribution in [0.2, 0.25) is 0 Å². The van der Waals surface area contributed by atoms with E-state index in [9.17, 15) is 4.79 Å². The number of rotatable bonds is 5. The van der Waals surface area contributed by atoms with Gasteiger partial charge in [-0.05, 0) is 25.3 Å². The lowest BCUT2D eigenvalue weighted by atomic mass is 10.1. The number of aromatic amines is 1. The van der Waals surface area contributed by atoms with Crippen LogP contribution in [0.3, 0.4) is 0 Å². The van der Waals surface area contributed by atoms with Gasteiger partial charge in [0.2, 0.25) is 0 Å². The van der Waals surface area contributed by atoms with Crippen molar-refractivity contribution in [2.45, 2.75) is 54.0 Å². The maximum atomic E-state index is 12.2. The first-order chi connectivity index (χ1) is 12.5. The Morgan fingerprint density at radius 3 is 2.46 bits per heavy atom. The number of benzene rings is 1. The number of aromatic nitrogens is 3. The Balaban J connectivity index is 0.00000117. The summed E-state index contributed by atoms with van der Waals surface area (Å²) in [5.74, 6) is -0.0511. The molecule has 5 heteroatoms. The molecule has 0 aliphatic carbocycles. The van der Waals surface area contributed by atoms with E-state index in [0.29, 0.717) is 18.8 Å². The summed E-state index contributed by atoms with van der Waals surface area (Å²) in [6.45, 7) is 13.0. The molecule has 0 radical (unpaired) electrons. The summed E-state index contributed by atoms with van der Waals surface area (Å²) < 4.78 is 7.15. The number of ether oxygens (including phenoxy) is 1. The first-order valence-corrected chi connectivity index (χ1v) is 9.33. The molecular weight excluding hydrogens is 326 g/mol. The third kappa shape index (κ3) is 3.82. The van der Waals surface area contributed by atoms with Crippen molar-refractivity contribution in [2.75, 3.05) is 6.61 Å². The van der Waals surface area contributed by atoms with Crippen LogP contribution < -0.4 is 0 Å². The second kappa shape index (κ2) is 8.70. The molecule has 5 nitrogen and oxygen atoms in total. The van der Waals surface area contributed by atoms with E-state index in [1.807, 2.05) is 50.6 Å². The Morgan fingerprint density at radius 2 is 1.88 bits per heavy atom. The van der Waals surface area contributed by atoms with Crippen molar-refractivity contribution in [1.29, 1.82) is 0 Å². The lowest BCUT2D eigenvalue weighted by Crippen LogP contribution is -2.08. The average Bonchev–Trinajstić information content (AvgIpc) is 3.16. The van der Waals surface area contributed by atoms with Gasteiger partial charge in [-0.25, -0.2) is 4.79 Å². The van der Waals surface area contributed by atoms with Crippen LogP contribution in [0.4, 0.5) is 0 Å². The third-order valence-electron chi connectivity index (χ3n) is 4.16. The van der Waals surface area contributed by atoms with Gasteiger partial charge in [-0.1, -0.05) is 58.0 Å². The van der Waals surface area contributed by atoms with E-state index < -0.39 is 0 Å². The lowest BCUT2D eigenvalue weighted by Gasteiger charge is -2.06. The van der Waals surface area contributed by atoms with Crippen molar-refractivity contribution in [2.24, 2.45) is 0 Å². The molecular formula is C21H29N3O2. The highest BCUT2D eigenvalue weighted by molar-refractivity contribution is 5.97. The Morgan fingerprint density at radius 1 is 1.23 bits per heavy atom. The molecule has 0 aliphatic heterocycles. The Kier molecular flexibility index (Phi) is 6.61. The van der Waals surface area contributed by atoms with Crippen molar-refractivity contribution >= 4 is 17.0 Å². The number of aryl methyl sites for hydroxylation is 1. The minimum absolute atomic E-state index is 0.262. The number of carbonyl (C=O) groups is 1. The van der Waals surface area contributed by atoms with Crippen molar-refractivity contribution in [1.82, 2.24) is 14.8 Å². The van der Waals surface area contributed by atoms with Crippen LogP contribution in [-0.4, -0.2) is 27.3 Å². The van der Waals surface area contributed by atoms with Crippen LogP contribution >= 0.6 is 0 Å². The van der Waals surface area contributed by atoms with E-state index >= 15 is 0 Å². The highest BCUT2D eigenvalue weighted by Crippen LogP contribution is 2.29. The molecule has 0 amide bonds. The molecule has 2 aromatic heterocycles. The normalized spacial score (nSPS) is 10.7. The smallest absolute Gasteiger partial charge is 0.355 e. The first-order valence-electron chi connectivity index (χ1n) is 9.33. The van der Waals surface area contributed by atoms with Crippen LogP contribution in [0.25, 0.3) is 11.0 Å². The van der Waals surface area contributed by atoms with E-state index in [4.69, 9.17) is 9.84 Å². The molecule has 0 bridgehead atoms. The predicted octanol–water partition coefficient (Wildman–Crippen LogP) is 5.05. The standard InChI is InChI=1S/C19H23N3O2.C2H6/c1-5-24-19(23)16-13(4)18-17(20-16)15(12(2)3)21-22(18)11-14-9-7-6-8-10-14;1-2/h6-10,12,20H,5,11H2,1-4H3;1-2H3. The molecule has 0 atom stereocenters. The maximum Gasteiger partial charge on any atom is 0.355 e. The minimum Gasteiger partial charge on any atom is -0.461 e. The van der Waals surface area contributed by atoms with Gasteiger partial charge in [0.1, 0.15) is 5.69 Å². The largest absolute Gasteiger partial charge is 0.461 e. The summed E-state index contributed by atoms with van der Waals surface area (Å²) >= 11 is 0. The van der Waals surface area contributed by atoms with E-state index in [1.54, 1.807) is 0 Å². The number of carbonyl (C=O) groups excluding carboxylic acids is 1. The zero-order chi connectivity index (χ0) is 19.3. The monoisotopic (exact) mass is 355 g/mol. The van der Waals surface area contributed by atoms with Crippen molar-refractivity contribution in [3.63, 3.8) is 0 Å². The number of esters is 1. The zero-order valence-corrected chi connectivity index (χ0v) is 16.6. The highest BCUT2D eigenvalue weighted by Gasteiger charge is 2.23. The van der Waals surface area contributed by atoms with Crippen LogP contribution in [0.15, 0.2) is 30.3 Å². The molecule has 0 saturated heterocycles. The third-order valence-corrected chi connectivity index (χ3v) is 4.16. The fourth-order valence-corrected chi connectivity index (χ4v) is 3.00. The summed E-state index contributed by atoms with van der Waals surface area (Å²) in [6.07, 6.45) is 0. The number of H-pyrrole nitrogens is 1. The Bertz CT molecular complexity index is 860. The summed E-state index contributed by atoms with van der Waals surface area (Å²) in [5, 5.41) is 4.78. The number of nitrogens with one attached hydrogen (secondary N) is 1. The van der Waals surface area contributed by atoms with Gasteiger partial charge in [-0.3, -0.25) is 4.68 Å². The fraction of sp³-hybridized carbons (Fsp3) is 0.429. The molecule has 0 spiro atoms. The van der Waals surface area contributed by atoms with E-state index in [1.165, 1.54) is 5.56 Å². The second-order valence-electron chi connectivity index (χ2n) is 6.25. The second-order valence-corrected chi connectivity index (χ2v) is 6.25. The molecule has 26 heavy (non-hydrogen) atoms. The van der Waals surface area contributed by atoms with Crippen molar-refractivity contribution in [3.8, 4) is 0 Å². The van der Waals surface area contributed by atoms with Gasteiger partial charge in [0.15, 0.2) is 0 Å². The van der Waals surface area contributed by atoms with Crippen LogP contribution in [0, 0.1) is 6.92 Å². The van der Waals surface area contributed by atoms with Crippen LogP contribution in [0.1, 0.15) is 67.8 Å². The van der Waals surface area contributed by atoms with Crippen molar-refractivity contribution in [3.05, 3.63) is 52.8 Å². The van der Waals surface area contributed by atoms with Gasteiger partial charge in [-0.2, -0.15) is 5.10 Å². The zero-order valence-electron chi connectivity index (χ0n) is 16.6. The van der Waals surface area contributed by atoms with Gasteiger partial charge in [0, 0.05) is 5.56 Å². The van der Waals surface area contributed by atoms with Gasteiger partial charge in [0.05, 0.1) is 29.9 Å². The quantitative estimate of drug-likeness (QED) is 0.652. The van der Waals surface area contributed by atoms with E-state index in [0.717, 1.165) is 22.3 Å². The molecule has 140 valence electrons. The number of nitrogens with zero attached hydrogens (tertiary/aromatic N) is 2. The van der Waals surface area contributed by atoms with Crippen LogP contribution in [-0.2, 0) is 11.3 Å².